The van der Waals surface area contributed by atoms with E-state index in [-0.39, 0.29) is 17.7 Å². The zero-order chi connectivity index (χ0) is 18.7. The Morgan fingerprint density at radius 1 is 1.15 bits per heavy atom. The minimum Gasteiger partial charge on any atom is -0.352 e. The largest absolute Gasteiger partial charge is 0.352 e. The van der Waals surface area contributed by atoms with Crippen LogP contribution in [0.2, 0.25) is 5.02 Å². The normalized spacial score (nSPS) is 19.0. The molecule has 1 saturated carbocycles. The molecule has 2 aromatic rings. The smallest absolute Gasteiger partial charge is 0.224 e. The van der Waals surface area contributed by atoms with Gasteiger partial charge < -0.3 is 5.32 Å². The van der Waals surface area contributed by atoms with Gasteiger partial charge in [0.2, 0.25) is 5.91 Å². The Hall–Kier alpha value is -1.84. The quantitative estimate of drug-likeness (QED) is 0.772. The van der Waals surface area contributed by atoms with E-state index in [4.69, 9.17) is 11.6 Å². The Bertz CT molecular complexity index is 774. The summed E-state index contributed by atoms with van der Waals surface area (Å²) in [6.07, 6.45) is 0.882. The fourth-order valence-electron chi connectivity index (χ4n) is 3.25. The van der Waals surface area contributed by atoms with Crippen molar-refractivity contribution in [3.63, 3.8) is 0 Å². The molecule has 138 valence electrons. The van der Waals surface area contributed by atoms with Crippen molar-refractivity contribution < 1.29 is 4.79 Å². The van der Waals surface area contributed by atoms with Crippen molar-refractivity contribution in [1.82, 2.24) is 10.2 Å². The molecule has 0 radical (unpaired) electrons. The molecule has 0 aromatic heterocycles. The fraction of sp³-hybridized carbons (Fsp3) is 0.409. The van der Waals surface area contributed by atoms with Gasteiger partial charge >= 0.3 is 0 Å². The van der Waals surface area contributed by atoms with Crippen LogP contribution in [0.25, 0.3) is 0 Å². The summed E-state index contributed by atoms with van der Waals surface area (Å²) in [4.78, 5) is 14.9. The monoisotopic (exact) mass is 370 g/mol. The number of benzene rings is 2. The Morgan fingerprint density at radius 3 is 2.50 bits per heavy atom. The van der Waals surface area contributed by atoms with Gasteiger partial charge in [-0.05, 0) is 56.0 Å². The van der Waals surface area contributed by atoms with Crippen LogP contribution in [0.3, 0.4) is 0 Å². The van der Waals surface area contributed by atoms with Gasteiger partial charge in [0.15, 0.2) is 0 Å². The molecule has 1 fully saturated rings. The number of carbonyl (C=O) groups is 1. The van der Waals surface area contributed by atoms with Gasteiger partial charge in [0.25, 0.3) is 0 Å². The van der Waals surface area contributed by atoms with Crippen LogP contribution in [0.1, 0.15) is 42.9 Å². The van der Waals surface area contributed by atoms with Gasteiger partial charge in [0, 0.05) is 30.1 Å². The van der Waals surface area contributed by atoms with Crippen molar-refractivity contribution in [2.45, 2.75) is 45.3 Å². The minimum atomic E-state index is 0.0420. The molecule has 1 N–H and O–H groups in total. The van der Waals surface area contributed by atoms with Crippen molar-refractivity contribution >= 4 is 17.5 Å². The molecule has 1 amide bonds. The maximum atomic E-state index is 12.6. The summed E-state index contributed by atoms with van der Waals surface area (Å²) in [6, 6.07) is 16.6. The first-order valence-corrected chi connectivity index (χ1v) is 9.64. The number of amides is 1. The molecule has 2 atom stereocenters. The van der Waals surface area contributed by atoms with Crippen molar-refractivity contribution in [2.75, 3.05) is 7.05 Å². The molecule has 3 rings (SSSR count). The molecule has 2 unspecified atom stereocenters. The summed E-state index contributed by atoms with van der Waals surface area (Å²) >= 11 is 6.26. The predicted molar refractivity (Wildman–Crippen MR) is 107 cm³/mol. The maximum absolute atomic E-state index is 12.6. The summed E-state index contributed by atoms with van der Waals surface area (Å²) in [5, 5.41) is 3.88. The van der Waals surface area contributed by atoms with Gasteiger partial charge in [-0.1, -0.05) is 54.1 Å². The number of nitrogens with one attached hydrogen (secondary N) is 1. The van der Waals surface area contributed by atoms with Gasteiger partial charge in [-0.15, -0.1) is 0 Å². The highest BCUT2D eigenvalue weighted by atomic mass is 35.5. The number of carbonyl (C=O) groups excluding carboxylic acids is 1. The first kappa shape index (κ1) is 18.9. The van der Waals surface area contributed by atoms with Gasteiger partial charge in [0.05, 0.1) is 0 Å². The third kappa shape index (κ3) is 4.46. The summed E-state index contributed by atoms with van der Waals surface area (Å²) in [7, 11) is 2.12. The number of halogens is 1. The Kier molecular flexibility index (Phi) is 6.00. The number of hydrogen-bond acceptors (Lipinski definition) is 2. The number of hydrogen-bond donors (Lipinski definition) is 1. The molecule has 0 heterocycles. The van der Waals surface area contributed by atoms with Crippen molar-refractivity contribution in [3.8, 4) is 0 Å². The van der Waals surface area contributed by atoms with Crippen LogP contribution in [0.15, 0.2) is 48.5 Å². The van der Waals surface area contributed by atoms with Gasteiger partial charge in [-0.2, -0.15) is 0 Å². The van der Waals surface area contributed by atoms with Gasteiger partial charge in [0.1, 0.15) is 0 Å². The predicted octanol–water partition coefficient (Wildman–Crippen LogP) is 4.60. The summed E-state index contributed by atoms with van der Waals surface area (Å²) in [5.41, 5.74) is 3.54. The second-order valence-corrected chi connectivity index (χ2v) is 7.87. The summed E-state index contributed by atoms with van der Waals surface area (Å²) in [5.74, 6) is 0.424. The lowest BCUT2D eigenvalue weighted by Crippen LogP contribution is -2.28. The molecule has 0 saturated heterocycles. The van der Waals surface area contributed by atoms with E-state index in [9.17, 15) is 4.79 Å². The minimum absolute atomic E-state index is 0.0420. The Morgan fingerprint density at radius 2 is 1.81 bits per heavy atom. The Labute approximate surface area is 161 Å². The SMILES string of the molecule is CC(C)N(C)Cc1ccccc1CNC(=O)C1CC1c1ccccc1Cl. The molecular weight excluding hydrogens is 344 g/mol. The number of nitrogens with zero attached hydrogens (tertiary/aromatic N) is 1. The molecule has 0 spiro atoms. The lowest BCUT2D eigenvalue weighted by Gasteiger charge is -2.22. The fourth-order valence-corrected chi connectivity index (χ4v) is 3.53. The van der Waals surface area contributed by atoms with E-state index in [1.807, 2.05) is 30.3 Å². The molecular formula is C22H27ClN2O. The van der Waals surface area contributed by atoms with Crippen molar-refractivity contribution in [2.24, 2.45) is 5.92 Å². The summed E-state index contributed by atoms with van der Waals surface area (Å²) in [6.45, 7) is 5.83. The molecule has 3 nitrogen and oxygen atoms in total. The number of rotatable bonds is 7. The van der Waals surface area contributed by atoms with Crippen LogP contribution < -0.4 is 5.32 Å². The van der Waals surface area contributed by atoms with E-state index >= 15 is 0 Å². The Balaban J connectivity index is 1.58. The zero-order valence-corrected chi connectivity index (χ0v) is 16.5. The van der Waals surface area contributed by atoms with Crippen LogP contribution in [0, 0.1) is 5.92 Å². The first-order chi connectivity index (χ1) is 12.5. The maximum Gasteiger partial charge on any atom is 0.224 e. The van der Waals surface area contributed by atoms with Crippen LogP contribution in [0.5, 0.6) is 0 Å². The zero-order valence-electron chi connectivity index (χ0n) is 15.7. The van der Waals surface area contributed by atoms with Crippen LogP contribution in [-0.4, -0.2) is 23.9 Å². The van der Waals surface area contributed by atoms with E-state index in [1.165, 1.54) is 11.1 Å². The first-order valence-electron chi connectivity index (χ1n) is 9.26. The van der Waals surface area contributed by atoms with Crippen molar-refractivity contribution in [1.29, 1.82) is 0 Å². The van der Waals surface area contributed by atoms with Crippen LogP contribution in [-0.2, 0) is 17.9 Å². The highest BCUT2D eigenvalue weighted by Crippen LogP contribution is 2.49. The molecule has 26 heavy (non-hydrogen) atoms. The average Bonchev–Trinajstić information content (AvgIpc) is 3.41. The van der Waals surface area contributed by atoms with Gasteiger partial charge in [-0.25, -0.2) is 0 Å². The van der Waals surface area contributed by atoms with Crippen LogP contribution >= 0.6 is 11.6 Å². The molecule has 1 aliphatic rings. The third-order valence-corrected chi connectivity index (χ3v) is 5.65. The average molecular weight is 371 g/mol. The standard InChI is InChI=1S/C22H27ClN2O/c1-15(2)25(3)14-17-9-5-4-8-16(17)13-24-22(26)20-12-19(20)18-10-6-7-11-21(18)23/h4-11,15,19-20H,12-14H2,1-3H3,(H,24,26). The van der Waals surface area contributed by atoms with E-state index in [1.54, 1.807) is 0 Å². The topological polar surface area (TPSA) is 32.3 Å². The lowest BCUT2D eigenvalue weighted by atomic mass is 10.1. The second-order valence-electron chi connectivity index (χ2n) is 7.47. The van der Waals surface area contributed by atoms with E-state index < -0.39 is 0 Å². The second kappa shape index (κ2) is 8.24. The van der Waals surface area contributed by atoms with Gasteiger partial charge in [-0.3, -0.25) is 9.69 Å². The molecule has 0 aliphatic heterocycles. The molecule has 2 aromatic carbocycles. The van der Waals surface area contributed by atoms with E-state index in [0.29, 0.717) is 12.6 Å². The van der Waals surface area contributed by atoms with E-state index in [0.717, 1.165) is 23.6 Å². The lowest BCUT2D eigenvalue weighted by molar-refractivity contribution is -0.122. The van der Waals surface area contributed by atoms with E-state index in [2.05, 4.69) is 49.3 Å². The highest BCUT2D eigenvalue weighted by Gasteiger charge is 2.44. The third-order valence-electron chi connectivity index (χ3n) is 5.30. The molecule has 0 bridgehead atoms. The summed E-state index contributed by atoms with van der Waals surface area (Å²) < 4.78 is 0. The van der Waals surface area contributed by atoms with Crippen molar-refractivity contribution in [3.05, 3.63) is 70.2 Å². The highest BCUT2D eigenvalue weighted by molar-refractivity contribution is 6.31. The molecule has 1 aliphatic carbocycles. The molecule has 4 heteroatoms. The van der Waals surface area contributed by atoms with Crippen LogP contribution in [0.4, 0.5) is 0 Å².